The van der Waals surface area contributed by atoms with E-state index in [1.54, 1.807) is 12.1 Å². The Kier molecular flexibility index (Phi) is 4.34. The van der Waals surface area contributed by atoms with Gasteiger partial charge < -0.3 is 4.74 Å². The van der Waals surface area contributed by atoms with Crippen molar-refractivity contribution in [2.45, 2.75) is 44.4 Å². The molecule has 2 rings (SSSR count). The van der Waals surface area contributed by atoms with Gasteiger partial charge in [0, 0.05) is 0 Å². The zero-order valence-electron chi connectivity index (χ0n) is 10.7. The molecule has 0 heterocycles. The van der Waals surface area contributed by atoms with Crippen LogP contribution >= 0.6 is 0 Å². The van der Waals surface area contributed by atoms with Gasteiger partial charge in [-0.2, -0.15) is 0 Å². The molecule has 0 atom stereocenters. The van der Waals surface area contributed by atoms with Crippen molar-refractivity contribution in [1.29, 1.82) is 0 Å². The topological polar surface area (TPSA) is 26.3 Å². The third kappa shape index (κ3) is 2.89. The summed E-state index contributed by atoms with van der Waals surface area (Å²) in [5.41, 5.74) is 1.12. The molecule has 3 heteroatoms. The molecule has 18 heavy (non-hydrogen) atoms. The molecule has 0 aromatic heterocycles. The normalized spacial score (nSPS) is 17.2. The van der Waals surface area contributed by atoms with E-state index in [0.29, 0.717) is 5.92 Å². The standard InChI is InChI=1S/C15H19FO2/c1-18-15(17)13-10-12(8-9-14(13)16)11-6-4-2-3-5-7-11/h8-11H,2-7H2,1H3. The van der Waals surface area contributed by atoms with Crippen LogP contribution in [0, 0.1) is 5.82 Å². The van der Waals surface area contributed by atoms with Crippen LogP contribution in [0.15, 0.2) is 18.2 Å². The Morgan fingerprint density at radius 1 is 1.22 bits per heavy atom. The van der Waals surface area contributed by atoms with Crippen LogP contribution in [0.2, 0.25) is 0 Å². The molecule has 1 fully saturated rings. The van der Waals surface area contributed by atoms with Crippen LogP contribution in [0.4, 0.5) is 4.39 Å². The quantitative estimate of drug-likeness (QED) is 0.584. The minimum absolute atomic E-state index is 0.0549. The van der Waals surface area contributed by atoms with Crippen molar-refractivity contribution in [1.82, 2.24) is 0 Å². The fourth-order valence-electron chi connectivity index (χ4n) is 2.68. The number of methoxy groups -OCH3 is 1. The molecular formula is C15H19FO2. The fourth-order valence-corrected chi connectivity index (χ4v) is 2.68. The first-order valence-corrected chi connectivity index (χ1v) is 6.60. The Morgan fingerprint density at radius 2 is 1.89 bits per heavy atom. The number of carbonyl (C=O) groups excluding carboxylic acids is 1. The molecular weight excluding hydrogens is 231 g/mol. The summed E-state index contributed by atoms with van der Waals surface area (Å²) in [4.78, 5) is 11.5. The van der Waals surface area contributed by atoms with E-state index in [0.717, 1.165) is 18.4 Å². The van der Waals surface area contributed by atoms with Gasteiger partial charge in [0.2, 0.25) is 0 Å². The molecule has 0 unspecified atom stereocenters. The van der Waals surface area contributed by atoms with E-state index >= 15 is 0 Å². The minimum atomic E-state index is -0.594. The third-order valence-electron chi connectivity index (χ3n) is 3.72. The summed E-state index contributed by atoms with van der Waals surface area (Å²) in [6, 6.07) is 4.85. The van der Waals surface area contributed by atoms with Crippen molar-refractivity contribution >= 4 is 5.97 Å². The molecule has 0 amide bonds. The van der Waals surface area contributed by atoms with Gasteiger partial charge in [-0.15, -0.1) is 0 Å². The number of hydrogen-bond acceptors (Lipinski definition) is 2. The summed E-state index contributed by atoms with van der Waals surface area (Å²) in [5, 5.41) is 0. The summed E-state index contributed by atoms with van der Waals surface area (Å²) < 4.78 is 18.2. The van der Waals surface area contributed by atoms with Gasteiger partial charge >= 0.3 is 5.97 Å². The van der Waals surface area contributed by atoms with Crippen molar-refractivity contribution in [3.63, 3.8) is 0 Å². The highest BCUT2D eigenvalue weighted by Gasteiger charge is 2.18. The molecule has 0 aliphatic heterocycles. The molecule has 1 saturated carbocycles. The fraction of sp³-hybridized carbons (Fsp3) is 0.533. The lowest BCUT2D eigenvalue weighted by Crippen LogP contribution is -2.07. The van der Waals surface area contributed by atoms with Crippen LogP contribution in [0.25, 0.3) is 0 Å². The van der Waals surface area contributed by atoms with Crippen molar-refractivity contribution in [2.24, 2.45) is 0 Å². The maximum atomic E-state index is 13.6. The van der Waals surface area contributed by atoms with E-state index in [1.807, 2.05) is 0 Å². The molecule has 1 aliphatic carbocycles. The minimum Gasteiger partial charge on any atom is -0.465 e. The molecule has 2 nitrogen and oxygen atoms in total. The predicted molar refractivity (Wildman–Crippen MR) is 68.2 cm³/mol. The molecule has 98 valence electrons. The van der Waals surface area contributed by atoms with E-state index in [-0.39, 0.29) is 5.56 Å². The number of esters is 1. The summed E-state index contributed by atoms with van der Waals surface area (Å²) in [6.45, 7) is 0. The van der Waals surface area contributed by atoms with Crippen LogP contribution in [0.1, 0.15) is 60.4 Å². The average molecular weight is 250 g/mol. The van der Waals surface area contributed by atoms with Gasteiger partial charge in [0.25, 0.3) is 0 Å². The Balaban J connectivity index is 2.25. The van der Waals surface area contributed by atoms with Crippen molar-refractivity contribution in [3.8, 4) is 0 Å². The smallest absolute Gasteiger partial charge is 0.340 e. The van der Waals surface area contributed by atoms with Crippen LogP contribution in [0.3, 0.4) is 0 Å². The number of halogens is 1. The Labute approximate surface area is 107 Å². The monoisotopic (exact) mass is 250 g/mol. The second kappa shape index (κ2) is 5.98. The predicted octanol–water partition coefficient (Wildman–Crippen LogP) is 4.05. The second-order valence-electron chi connectivity index (χ2n) is 4.92. The summed E-state index contributed by atoms with van der Waals surface area (Å²) in [6.07, 6.45) is 7.26. The summed E-state index contributed by atoms with van der Waals surface area (Å²) in [5.74, 6) is -0.640. The lowest BCUT2D eigenvalue weighted by molar-refractivity contribution is 0.0595. The van der Waals surface area contributed by atoms with Gasteiger partial charge in [-0.3, -0.25) is 0 Å². The van der Waals surface area contributed by atoms with E-state index in [2.05, 4.69) is 4.74 Å². The number of benzene rings is 1. The Bertz CT molecular complexity index is 421. The molecule has 0 bridgehead atoms. The van der Waals surface area contributed by atoms with Crippen LogP contribution in [-0.4, -0.2) is 13.1 Å². The largest absolute Gasteiger partial charge is 0.465 e. The second-order valence-corrected chi connectivity index (χ2v) is 4.92. The molecule has 0 spiro atoms. The average Bonchev–Trinajstić information content (AvgIpc) is 2.67. The maximum absolute atomic E-state index is 13.6. The van der Waals surface area contributed by atoms with Crippen LogP contribution in [0.5, 0.6) is 0 Å². The van der Waals surface area contributed by atoms with Gasteiger partial charge in [-0.05, 0) is 36.5 Å². The van der Waals surface area contributed by atoms with Gasteiger partial charge in [0.05, 0.1) is 12.7 Å². The van der Waals surface area contributed by atoms with Crippen molar-refractivity contribution < 1.29 is 13.9 Å². The molecule has 0 radical (unpaired) electrons. The van der Waals surface area contributed by atoms with Crippen molar-refractivity contribution in [3.05, 3.63) is 35.1 Å². The van der Waals surface area contributed by atoms with E-state index in [9.17, 15) is 9.18 Å². The first-order chi connectivity index (χ1) is 8.72. The zero-order chi connectivity index (χ0) is 13.0. The van der Waals surface area contributed by atoms with Gasteiger partial charge in [0.1, 0.15) is 5.82 Å². The Hall–Kier alpha value is -1.38. The zero-order valence-corrected chi connectivity index (χ0v) is 10.7. The first-order valence-electron chi connectivity index (χ1n) is 6.60. The maximum Gasteiger partial charge on any atom is 0.340 e. The lowest BCUT2D eigenvalue weighted by Gasteiger charge is -2.15. The number of carbonyl (C=O) groups is 1. The number of hydrogen-bond donors (Lipinski definition) is 0. The molecule has 0 saturated heterocycles. The lowest BCUT2D eigenvalue weighted by atomic mass is 9.90. The van der Waals surface area contributed by atoms with Gasteiger partial charge in [-0.1, -0.05) is 31.7 Å². The number of ether oxygens (including phenoxy) is 1. The highest BCUT2D eigenvalue weighted by Crippen LogP contribution is 2.32. The molecule has 0 N–H and O–H groups in total. The molecule has 1 aromatic carbocycles. The van der Waals surface area contributed by atoms with E-state index in [1.165, 1.54) is 38.9 Å². The van der Waals surface area contributed by atoms with E-state index in [4.69, 9.17) is 0 Å². The highest BCUT2D eigenvalue weighted by molar-refractivity contribution is 5.89. The highest BCUT2D eigenvalue weighted by atomic mass is 19.1. The summed E-state index contributed by atoms with van der Waals surface area (Å²) >= 11 is 0. The van der Waals surface area contributed by atoms with Crippen molar-refractivity contribution in [2.75, 3.05) is 7.11 Å². The third-order valence-corrected chi connectivity index (χ3v) is 3.72. The first kappa shape index (κ1) is 13.1. The SMILES string of the molecule is COC(=O)c1cc(C2CCCCCC2)ccc1F. The number of rotatable bonds is 2. The molecule has 1 aromatic rings. The van der Waals surface area contributed by atoms with Crippen LogP contribution in [-0.2, 0) is 4.74 Å². The van der Waals surface area contributed by atoms with Gasteiger partial charge in [0.15, 0.2) is 0 Å². The van der Waals surface area contributed by atoms with Crippen LogP contribution < -0.4 is 0 Å². The van der Waals surface area contributed by atoms with E-state index < -0.39 is 11.8 Å². The summed E-state index contributed by atoms with van der Waals surface area (Å²) in [7, 11) is 1.28. The molecule has 1 aliphatic rings. The Morgan fingerprint density at radius 3 is 2.50 bits per heavy atom. The van der Waals surface area contributed by atoms with Gasteiger partial charge in [-0.25, -0.2) is 9.18 Å².